The van der Waals surface area contributed by atoms with Gasteiger partial charge in [-0.2, -0.15) is 0 Å². The van der Waals surface area contributed by atoms with Crippen molar-refractivity contribution in [1.29, 1.82) is 0 Å². The Balaban J connectivity index is 1.49. The first-order valence-corrected chi connectivity index (χ1v) is 18.9. The number of fused-ring (bicyclic) bond motifs is 1. The molecule has 3 aliphatic rings. The Morgan fingerprint density at radius 1 is 1.14 bits per heavy atom. The molecule has 1 spiro atoms. The third-order valence-electron chi connectivity index (χ3n) is 10.1. The number of halogens is 2. The standard InChI is InChI=1S/C39H47BrClN3O7/c1-4-6-19-30(46)42-24-29(26-16-10-9-11-17-26)50-38(49)31-32-36(47)44(21-12-7-8-13-22-45)35(39(32)23-27(40)34(31)51-39)37(48)43(20-5-2)33-25(3)15-14-18-28(33)41/h4-5,9-11,14-18,27,29,31-32,34-35,45H,1-2,6-8,12-13,19-24H2,3H3,(H,42,46)/t27?,29-,31+,32-,34+,35+,39-/m0/s1. The number of hydrogen-bond donors (Lipinski definition) is 2. The van der Waals surface area contributed by atoms with Gasteiger partial charge in [-0.1, -0.05) is 95.0 Å². The Kier molecular flexibility index (Phi) is 13.2. The van der Waals surface area contributed by atoms with Crippen molar-refractivity contribution >= 4 is 56.9 Å². The molecule has 2 aromatic carbocycles. The quantitative estimate of drug-likeness (QED) is 0.0844. The van der Waals surface area contributed by atoms with E-state index in [0.717, 1.165) is 18.4 Å². The summed E-state index contributed by atoms with van der Waals surface area (Å²) in [7, 11) is 0. The van der Waals surface area contributed by atoms with Gasteiger partial charge in [-0.3, -0.25) is 19.2 Å². The number of amides is 3. The normalized spacial score (nSPS) is 25.3. The van der Waals surface area contributed by atoms with Gasteiger partial charge in [0.15, 0.2) is 0 Å². The molecule has 3 fully saturated rings. The molecule has 0 aliphatic carbocycles. The zero-order valence-corrected chi connectivity index (χ0v) is 31.3. The number of hydrogen-bond acceptors (Lipinski definition) is 7. The fraction of sp³-hybridized carbons (Fsp3) is 0.487. The number of carbonyl (C=O) groups excluding carboxylic acids is 4. The van der Waals surface area contributed by atoms with Gasteiger partial charge < -0.3 is 29.7 Å². The number of alkyl halides is 1. The van der Waals surface area contributed by atoms with Crippen LogP contribution in [0.15, 0.2) is 73.8 Å². The first kappa shape index (κ1) is 38.7. The SMILES string of the molecule is C=CCCC(=O)NC[C@H](OC(=O)[C@H]1[C@@H]2O[C@@]3(CC2Br)[C@@H]1C(=O)N(CCCCCCO)[C@@H]3C(=O)N(CC=C)c1c(C)cccc1Cl)c1ccccc1. The number of para-hydroxylation sites is 1. The van der Waals surface area contributed by atoms with Gasteiger partial charge in [0.05, 0.1) is 35.2 Å². The van der Waals surface area contributed by atoms with Crippen molar-refractivity contribution < 1.29 is 33.8 Å². The highest BCUT2D eigenvalue weighted by Gasteiger charge is 2.77. The number of benzene rings is 2. The summed E-state index contributed by atoms with van der Waals surface area (Å²) in [5.74, 6) is -3.48. The number of rotatable bonds is 18. The zero-order valence-electron chi connectivity index (χ0n) is 29.0. The number of nitrogens with zero attached hydrogens (tertiary/aromatic N) is 2. The van der Waals surface area contributed by atoms with Crippen LogP contribution in [0, 0.1) is 18.8 Å². The molecule has 51 heavy (non-hydrogen) atoms. The second kappa shape index (κ2) is 17.3. The van der Waals surface area contributed by atoms with Crippen LogP contribution in [0.3, 0.4) is 0 Å². The molecule has 12 heteroatoms. The summed E-state index contributed by atoms with van der Waals surface area (Å²) in [6, 6.07) is 13.5. The molecule has 3 aliphatic heterocycles. The van der Waals surface area contributed by atoms with E-state index in [1.807, 2.05) is 49.4 Å². The lowest BCUT2D eigenvalue weighted by atomic mass is 9.70. The molecular weight excluding hydrogens is 738 g/mol. The number of aliphatic hydroxyl groups excluding tert-OH is 1. The summed E-state index contributed by atoms with van der Waals surface area (Å²) in [6.07, 6.45) is 5.60. The number of carbonyl (C=O) groups is 4. The molecule has 0 radical (unpaired) electrons. The highest BCUT2D eigenvalue weighted by atomic mass is 79.9. The molecule has 3 amide bonds. The fourth-order valence-electron chi connectivity index (χ4n) is 7.84. The predicted octanol–water partition coefficient (Wildman–Crippen LogP) is 5.84. The van der Waals surface area contributed by atoms with Crippen LogP contribution in [0.5, 0.6) is 0 Å². The Labute approximate surface area is 313 Å². The Bertz CT molecular complexity index is 1590. The zero-order chi connectivity index (χ0) is 36.7. The van der Waals surface area contributed by atoms with E-state index in [1.54, 1.807) is 28.0 Å². The van der Waals surface area contributed by atoms with Gasteiger partial charge in [-0.05, 0) is 49.8 Å². The van der Waals surface area contributed by atoms with Crippen LogP contribution in [0.25, 0.3) is 0 Å². The fourth-order valence-corrected chi connectivity index (χ4v) is 9.11. The summed E-state index contributed by atoms with van der Waals surface area (Å²) in [6.45, 7) is 9.96. The van der Waals surface area contributed by atoms with E-state index in [-0.39, 0.29) is 55.2 Å². The number of esters is 1. The number of unbranched alkanes of at least 4 members (excludes halogenated alkanes) is 3. The van der Waals surface area contributed by atoms with Crippen molar-refractivity contribution in [3.8, 4) is 0 Å². The Morgan fingerprint density at radius 3 is 2.57 bits per heavy atom. The monoisotopic (exact) mass is 783 g/mol. The van der Waals surface area contributed by atoms with Gasteiger partial charge in [0.1, 0.15) is 17.7 Å². The van der Waals surface area contributed by atoms with E-state index in [4.69, 9.17) is 21.1 Å². The summed E-state index contributed by atoms with van der Waals surface area (Å²) >= 11 is 10.4. The third-order valence-corrected chi connectivity index (χ3v) is 11.3. The average Bonchev–Trinajstić information content (AvgIpc) is 3.71. The number of allylic oxidation sites excluding steroid dienone is 1. The highest BCUT2D eigenvalue weighted by Crippen LogP contribution is 2.60. The van der Waals surface area contributed by atoms with E-state index in [1.165, 1.54) is 0 Å². The molecular formula is C39H47BrClN3O7. The first-order valence-electron chi connectivity index (χ1n) is 17.6. The maximum atomic E-state index is 15.0. The Hall–Kier alpha value is -3.51. The number of aliphatic hydroxyl groups is 1. The minimum absolute atomic E-state index is 0.0419. The van der Waals surface area contributed by atoms with Crippen molar-refractivity contribution in [3.63, 3.8) is 0 Å². The molecule has 5 rings (SSSR count). The molecule has 2 N–H and O–H groups in total. The number of nitrogens with one attached hydrogen (secondary N) is 1. The smallest absolute Gasteiger partial charge is 0.313 e. The maximum Gasteiger partial charge on any atom is 0.313 e. The van der Waals surface area contributed by atoms with Gasteiger partial charge >= 0.3 is 5.97 Å². The molecule has 0 aromatic heterocycles. The number of likely N-dealkylation sites (tertiary alicyclic amines) is 1. The third kappa shape index (κ3) is 7.96. The molecule has 2 bridgehead atoms. The molecule has 274 valence electrons. The summed E-state index contributed by atoms with van der Waals surface area (Å²) in [5.41, 5.74) is 0.692. The second-order valence-corrected chi connectivity index (χ2v) is 15.0. The highest BCUT2D eigenvalue weighted by molar-refractivity contribution is 9.09. The van der Waals surface area contributed by atoms with E-state index in [9.17, 15) is 24.3 Å². The molecule has 3 heterocycles. The van der Waals surface area contributed by atoms with E-state index < -0.39 is 41.7 Å². The van der Waals surface area contributed by atoms with Crippen molar-refractivity contribution in [1.82, 2.24) is 10.2 Å². The van der Waals surface area contributed by atoms with Gasteiger partial charge in [0, 0.05) is 30.9 Å². The maximum absolute atomic E-state index is 15.0. The van der Waals surface area contributed by atoms with Crippen LogP contribution >= 0.6 is 27.5 Å². The molecule has 3 saturated heterocycles. The van der Waals surface area contributed by atoms with Gasteiger partial charge in [-0.25, -0.2) is 0 Å². The van der Waals surface area contributed by atoms with Crippen LogP contribution in [0.1, 0.15) is 62.2 Å². The summed E-state index contributed by atoms with van der Waals surface area (Å²) in [4.78, 5) is 59.3. The van der Waals surface area contributed by atoms with E-state index >= 15 is 0 Å². The summed E-state index contributed by atoms with van der Waals surface area (Å²) in [5, 5.41) is 12.5. The van der Waals surface area contributed by atoms with Crippen molar-refractivity contribution in [3.05, 3.63) is 90.0 Å². The van der Waals surface area contributed by atoms with Crippen molar-refractivity contribution in [2.75, 3.05) is 31.1 Å². The van der Waals surface area contributed by atoms with Gasteiger partial charge in [0.25, 0.3) is 5.91 Å². The molecule has 1 unspecified atom stereocenters. The van der Waals surface area contributed by atoms with Crippen molar-refractivity contribution in [2.45, 2.75) is 80.5 Å². The average molecular weight is 785 g/mol. The first-order chi connectivity index (χ1) is 24.6. The Morgan fingerprint density at radius 2 is 1.88 bits per heavy atom. The molecule has 7 atom stereocenters. The molecule has 10 nitrogen and oxygen atoms in total. The number of aryl methyl sites for hydroxylation is 1. The lowest BCUT2D eigenvalue weighted by Crippen LogP contribution is -2.57. The lowest BCUT2D eigenvalue weighted by molar-refractivity contribution is -0.160. The van der Waals surface area contributed by atoms with Gasteiger partial charge in [-0.15, -0.1) is 13.2 Å². The van der Waals surface area contributed by atoms with Crippen LogP contribution in [0.4, 0.5) is 5.69 Å². The molecule has 0 saturated carbocycles. The molecule has 2 aromatic rings. The lowest BCUT2D eigenvalue weighted by Gasteiger charge is -2.37. The largest absolute Gasteiger partial charge is 0.455 e. The summed E-state index contributed by atoms with van der Waals surface area (Å²) < 4.78 is 12.9. The predicted molar refractivity (Wildman–Crippen MR) is 199 cm³/mol. The van der Waals surface area contributed by atoms with Crippen LogP contribution in [-0.2, 0) is 28.7 Å². The van der Waals surface area contributed by atoms with Crippen LogP contribution < -0.4 is 10.2 Å². The topological polar surface area (TPSA) is 125 Å². The van der Waals surface area contributed by atoms with Gasteiger partial charge in [0.2, 0.25) is 11.8 Å². The van der Waals surface area contributed by atoms with E-state index in [0.29, 0.717) is 42.0 Å². The minimum atomic E-state index is -1.31. The number of ether oxygens (including phenoxy) is 2. The van der Waals surface area contributed by atoms with Crippen molar-refractivity contribution in [2.24, 2.45) is 11.8 Å². The second-order valence-electron chi connectivity index (χ2n) is 13.4. The minimum Gasteiger partial charge on any atom is -0.455 e. The van der Waals surface area contributed by atoms with Crippen LogP contribution in [0.2, 0.25) is 5.02 Å². The van der Waals surface area contributed by atoms with E-state index in [2.05, 4.69) is 34.4 Å². The van der Waals surface area contributed by atoms with Crippen LogP contribution in [-0.4, -0.2) is 82.5 Å². The number of anilines is 1.